The van der Waals surface area contributed by atoms with Crippen LogP contribution in [0.15, 0.2) is 34.9 Å². The highest BCUT2D eigenvalue weighted by molar-refractivity contribution is 5.18. The predicted molar refractivity (Wildman–Crippen MR) is 86.9 cm³/mol. The topological polar surface area (TPSA) is 82.6 Å². The summed E-state index contributed by atoms with van der Waals surface area (Å²) in [4.78, 5) is 6.46. The molecule has 2 N–H and O–H groups in total. The van der Waals surface area contributed by atoms with Crippen molar-refractivity contribution in [3.05, 3.63) is 47.6 Å². The van der Waals surface area contributed by atoms with Crippen molar-refractivity contribution in [3.63, 3.8) is 0 Å². The molecule has 0 radical (unpaired) electrons. The summed E-state index contributed by atoms with van der Waals surface area (Å²) in [5, 5.41) is 22.9. The Morgan fingerprint density at radius 3 is 2.48 bits per heavy atom. The number of benzene rings is 1. The van der Waals surface area contributed by atoms with Crippen LogP contribution in [0.25, 0.3) is 0 Å². The summed E-state index contributed by atoms with van der Waals surface area (Å²) in [7, 11) is 1.91. The molecular formula is C17H25N3O3. The maximum atomic E-state index is 9.42. The van der Waals surface area contributed by atoms with E-state index in [1.165, 1.54) is 0 Å². The van der Waals surface area contributed by atoms with Crippen LogP contribution in [-0.2, 0) is 6.42 Å². The zero-order valence-corrected chi connectivity index (χ0v) is 13.9. The minimum Gasteiger partial charge on any atom is -0.396 e. The lowest BCUT2D eigenvalue weighted by atomic mass is 9.92. The van der Waals surface area contributed by atoms with Gasteiger partial charge in [-0.1, -0.05) is 42.4 Å². The van der Waals surface area contributed by atoms with Gasteiger partial charge in [-0.2, -0.15) is 4.98 Å². The fourth-order valence-electron chi connectivity index (χ4n) is 2.36. The quantitative estimate of drug-likeness (QED) is 0.770. The second-order valence-electron chi connectivity index (χ2n) is 6.43. The summed E-state index contributed by atoms with van der Waals surface area (Å²) < 4.78 is 5.37. The molecule has 0 bridgehead atoms. The van der Waals surface area contributed by atoms with Crippen LogP contribution < -0.4 is 0 Å². The van der Waals surface area contributed by atoms with Crippen molar-refractivity contribution in [2.45, 2.75) is 26.3 Å². The van der Waals surface area contributed by atoms with E-state index in [-0.39, 0.29) is 19.3 Å². The first-order valence-corrected chi connectivity index (χ1v) is 7.76. The van der Waals surface area contributed by atoms with Gasteiger partial charge in [-0.15, -0.1) is 0 Å². The molecule has 2 rings (SSSR count). The van der Waals surface area contributed by atoms with Crippen LogP contribution in [-0.4, -0.2) is 52.1 Å². The Balaban J connectivity index is 2.01. The molecule has 23 heavy (non-hydrogen) atoms. The van der Waals surface area contributed by atoms with Gasteiger partial charge in [0.15, 0.2) is 5.82 Å². The van der Waals surface area contributed by atoms with Crippen LogP contribution in [0.4, 0.5) is 0 Å². The minimum atomic E-state index is -0.560. The van der Waals surface area contributed by atoms with E-state index >= 15 is 0 Å². The highest BCUT2D eigenvalue weighted by Crippen LogP contribution is 2.23. The molecule has 0 spiro atoms. The molecule has 2 aromatic rings. The van der Waals surface area contributed by atoms with Gasteiger partial charge >= 0.3 is 0 Å². The molecule has 1 unspecified atom stereocenters. The maximum Gasteiger partial charge on any atom is 0.243 e. The van der Waals surface area contributed by atoms with Gasteiger partial charge in [0, 0.05) is 18.4 Å². The van der Waals surface area contributed by atoms with Crippen molar-refractivity contribution < 1.29 is 14.7 Å². The average molecular weight is 319 g/mol. The van der Waals surface area contributed by atoms with E-state index in [9.17, 15) is 10.2 Å². The number of aliphatic hydroxyl groups is 2. The first-order valence-electron chi connectivity index (χ1n) is 7.76. The molecule has 6 nitrogen and oxygen atoms in total. The van der Waals surface area contributed by atoms with Gasteiger partial charge in [-0.05, 0) is 19.5 Å². The molecule has 0 aliphatic heterocycles. The largest absolute Gasteiger partial charge is 0.396 e. The Labute approximate surface area is 136 Å². The van der Waals surface area contributed by atoms with Gasteiger partial charge in [-0.3, -0.25) is 4.90 Å². The summed E-state index contributed by atoms with van der Waals surface area (Å²) in [6, 6.07) is 9.90. The van der Waals surface area contributed by atoms with Crippen LogP contribution in [0.3, 0.4) is 0 Å². The Hall–Kier alpha value is -1.76. The van der Waals surface area contributed by atoms with E-state index in [1.807, 2.05) is 56.1 Å². The summed E-state index contributed by atoms with van der Waals surface area (Å²) in [6.45, 7) is 4.17. The third-order valence-electron chi connectivity index (χ3n) is 4.10. The van der Waals surface area contributed by atoms with Crippen LogP contribution in [0.1, 0.15) is 37.2 Å². The zero-order chi connectivity index (χ0) is 16.9. The molecule has 6 heteroatoms. The highest BCUT2D eigenvalue weighted by Gasteiger charge is 2.28. The number of aromatic nitrogens is 2. The first-order chi connectivity index (χ1) is 11.0. The van der Waals surface area contributed by atoms with Crippen LogP contribution in [0, 0.1) is 5.41 Å². The SMILES string of the molecule is CC(c1nc(Cc2ccccc2)no1)N(C)CC(C)(CO)CO. The molecular weight excluding hydrogens is 294 g/mol. The Kier molecular flexibility index (Phi) is 5.87. The molecule has 0 aliphatic carbocycles. The van der Waals surface area contributed by atoms with Crippen molar-refractivity contribution >= 4 is 0 Å². The summed E-state index contributed by atoms with van der Waals surface area (Å²) in [5.74, 6) is 1.19. The number of hydrogen-bond donors (Lipinski definition) is 2. The Morgan fingerprint density at radius 2 is 1.87 bits per heavy atom. The number of hydrogen-bond acceptors (Lipinski definition) is 6. The van der Waals surface area contributed by atoms with E-state index in [0.29, 0.717) is 24.7 Å². The molecule has 1 aromatic carbocycles. The fraction of sp³-hybridized carbons (Fsp3) is 0.529. The smallest absolute Gasteiger partial charge is 0.243 e. The van der Waals surface area contributed by atoms with Crippen LogP contribution >= 0.6 is 0 Å². The van der Waals surface area contributed by atoms with Crippen molar-refractivity contribution in [3.8, 4) is 0 Å². The standard InChI is InChI=1S/C17H25N3O3/c1-13(20(3)10-17(2,11-21)12-22)16-18-15(19-23-16)9-14-7-5-4-6-8-14/h4-8,13,21-22H,9-12H2,1-3H3. The normalized spacial score (nSPS) is 13.5. The first kappa shape index (κ1) is 17.6. The molecule has 1 heterocycles. The molecule has 0 amide bonds. The molecule has 1 atom stereocenters. The van der Waals surface area contributed by atoms with E-state index in [1.54, 1.807) is 0 Å². The average Bonchev–Trinajstić information content (AvgIpc) is 3.03. The number of aliphatic hydroxyl groups excluding tert-OH is 2. The number of rotatable bonds is 8. The van der Waals surface area contributed by atoms with Gasteiger partial charge in [-0.25, -0.2) is 0 Å². The highest BCUT2D eigenvalue weighted by atomic mass is 16.5. The predicted octanol–water partition coefficient (Wildman–Crippen LogP) is 1.64. The van der Waals surface area contributed by atoms with Gasteiger partial charge in [0.1, 0.15) is 0 Å². The lowest BCUT2D eigenvalue weighted by molar-refractivity contribution is 0.0287. The summed E-state index contributed by atoms with van der Waals surface area (Å²) >= 11 is 0. The molecule has 0 saturated carbocycles. The van der Waals surface area contributed by atoms with Crippen molar-refractivity contribution in [2.75, 3.05) is 26.8 Å². The van der Waals surface area contributed by atoms with Crippen molar-refractivity contribution in [1.29, 1.82) is 0 Å². The third-order valence-corrected chi connectivity index (χ3v) is 4.10. The van der Waals surface area contributed by atoms with Crippen molar-refractivity contribution in [1.82, 2.24) is 15.0 Å². The molecule has 0 aliphatic rings. The lowest BCUT2D eigenvalue weighted by Gasteiger charge is -2.32. The maximum absolute atomic E-state index is 9.42. The van der Waals surface area contributed by atoms with Crippen molar-refractivity contribution in [2.24, 2.45) is 5.41 Å². The minimum absolute atomic E-state index is 0.0797. The summed E-state index contributed by atoms with van der Waals surface area (Å²) in [5.41, 5.74) is 0.574. The monoisotopic (exact) mass is 319 g/mol. The van der Waals surface area contributed by atoms with Crippen LogP contribution in [0.2, 0.25) is 0 Å². The molecule has 0 fully saturated rings. The Morgan fingerprint density at radius 1 is 1.22 bits per heavy atom. The van der Waals surface area contributed by atoms with E-state index in [2.05, 4.69) is 10.1 Å². The fourth-order valence-corrected chi connectivity index (χ4v) is 2.36. The summed E-state index contributed by atoms with van der Waals surface area (Å²) in [6.07, 6.45) is 0.631. The zero-order valence-electron chi connectivity index (χ0n) is 13.9. The molecule has 0 saturated heterocycles. The van der Waals surface area contributed by atoms with E-state index in [0.717, 1.165) is 5.56 Å². The van der Waals surface area contributed by atoms with E-state index in [4.69, 9.17) is 4.52 Å². The lowest BCUT2D eigenvalue weighted by Crippen LogP contribution is -2.40. The second kappa shape index (κ2) is 7.68. The third kappa shape index (κ3) is 4.60. The Bertz CT molecular complexity index is 596. The van der Waals surface area contributed by atoms with Gasteiger partial charge < -0.3 is 14.7 Å². The second-order valence-corrected chi connectivity index (χ2v) is 6.43. The van der Waals surface area contributed by atoms with Gasteiger partial charge in [0.2, 0.25) is 5.89 Å². The molecule has 126 valence electrons. The number of nitrogens with zero attached hydrogens (tertiary/aromatic N) is 3. The van der Waals surface area contributed by atoms with E-state index < -0.39 is 5.41 Å². The van der Waals surface area contributed by atoms with Crippen LogP contribution in [0.5, 0.6) is 0 Å². The van der Waals surface area contributed by atoms with Gasteiger partial charge in [0.25, 0.3) is 0 Å². The molecule has 1 aromatic heterocycles. The van der Waals surface area contributed by atoms with Gasteiger partial charge in [0.05, 0.1) is 19.3 Å².